The summed E-state index contributed by atoms with van der Waals surface area (Å²) >= 11 is 0. The van der Waals surface area contributed by atoms with Crippen LogP contribution in [0, 0.1) is 11.3 Å². The number of hydrogen-bond donors (Lipinski definition) is 1. The largest absolute Gasteiger partial charge is 0.309 e. The molecule has 1 aromatic rings. The molecule has 0 amide bonds. The fraction of sp³-hybridized carbons (Fsp3) is 0.333. The molecule has 0 spiro atoms. The van der Waals surface area contributed by atoms with Crippen LogP contribution in [-0.4, -0.2) is 11.5 Å². The number of nitrogens with one attached hydrogen (secondary N) is 1. The molecule has 1 unspecified atom stereocenters. The maximum atomic E-state index is 8.53. The molecule has 2 heterocycles. The third-order valence-electron chi connectivity index (χ3n) is 2.10. The van der Waals surface area contributed by atoms with Gasteiger partial charge in [-0.05, 0) is 25.1 Å². The summed E-state index contributed by atoms with van der Waals surface area (Å²) in [7, 11) is 0. The number of rotatable bonds is 1. The van der Waals surface area contributed by atoms with Crippen molar-refractivity contribution in [3.05, 3.63) is 29.6 Å². The Bertz CT molecular complexity index is 306. The fourth-order valence-electron chi connectivity index (χ4n) is 1.22. The zero-order chi connectivity index (χ0) is 8.39. The van der Waals surface area contributed by atoms with Crippen LogP contribution in [0.2, 0.25) is 0 Å². The minimum absolute atomic E-state index is 0.415. The summed E-state index contributed by atoms with van der Waals surface area (Å²) in [5.41, 5.74) is 1.67. The zero-order valence-corrected chi connectivity index (χ0v) is 6.62. The third-order valence-corrected chi connectivity index (χ3v) is 2.10. The van der Waals surface area contributed by atoms with E-state index in [2.05, 4.69) is 10.3 Å². The molecule has 1 atom stereocenters. The SMILES string of the molecule is N#Cc1ccc(C2CCN2)nc1. The van der Waals surface area contributed by atoms with E-state index in [4.69, 9.17) is 5.26 Å². The van der Waals surface area contributed by atoms with E-state index in [1.165, 1.54) is 0 Å². The molecule has 3 nitrogen and oxygen atoms in total. The summed E-state index contributed by atoms with van der Waals surface area (Å²) in [5.74, 6) is 0. The molecule has 1 N–H and O–H groups in total. The molecule has 0 aliphatic carbocycles. The van der Waals surface area contributed by atoms with Crippen LogP contribution in [0.25, 0.3) is 0 Å². The summed E-state index contributed by atoms with van der Waals surface area (Å²) in [6.07, 6.45) is 2.77. The van der Waals surface area contributed by atoms with Gasteiger partial charge in [-0.15, -0.1) is 0 Å². The molecule has 1 aromatic heterocycles. The molecule has 60 valence electrons. The number of pyridine rings is 1. The lowest BCUT2D eigenvalue weighted by atomic mass is 10.0. The molecular weight excluding hydrogens is 150 g/mol. The van der Waals surface area contributed by atoms with E-state index in [0.717, 1.165) is 18.7 Å². The number of hydrogen-bond acceptors (Lipinski definition) is 3. The predicted molar refractivity (Wildman–Crippen MR) is 44.3 cm³/mol. The van der Waals surface area contributed by atoms with Crippen molar-refractivity contribution in [1.82, 2.24) is 10.3 Å². The lowest BCUT2D eigenvalue weighted by Crippen LogP contribution is -2.35. The molecule has 0 bridgehead atoms. The van der Waals surface area contributed by atoms with Gasteiger partial charge in [0, 0.05) is 6.20 Å². The molecule has 1 aliphatic rings. The Morgan fingerprint density at radius 1 is 1.58 bits per heavy atom. The van der Waals surface area contributed by atoms with Crippen molar-refractivity contribution in [2.75, 3.05) is 6.54 Å². The lowest BCUT2D eigenvalue weighted by molar-refractivity contribution is 0.375. The average Bonchev–Trinajstić information content (AvgIpc) is 2.03. The molecular formula is C9H9N3. The first-order valence-electron chi connectivity index (χ1n) is 3.99. The van der Waals surface area contributed by atoms with Gasteiger partial charge >= 0.3 is 0 Å². The van der Waals surface area contributed by atoms with E-state index < -0.39 is 0 Å². The minimum atomic E-state index is 0.415. The van der Waals surface area contributed by atoms with Crippen molar-refractivity contribution < 1.29 is 0 Å². The molecule has 1 fully saturated rings. The van der Waals surface area contributed by atoms with Crippen LogP contribution < -0.4 is 5.32 Å². The molecule has 2 rings (SSSR count). The van der Waals surface area contributed by atoms with Crippen LogP contribution in [0.15, 0.2) is 18.3 Å². The van der Waals surface area contributed by atoms with E-state index in [1.807, 2.05) is 18.2 Å². The third kappa shape index (κ3) is 1.17. The molecule has 3 heteroatoms. The topological polar surface area (TPSA) is 48.7 Å². The summed E-state index contributed by atoms with van der Waals surface area (Å²) in [5, 5.41) is 11.8. The van der Waals surface area contributed by atoms with Crippen molar-refractivity contribution in [3.63, 3.8) is 0 Å². The second-order valence-electron chi connectivity index (χ2n) is 2.88. The standard InChI is InChI=1S/C9H9N3/c10-5-7-1-2-8(12-6-7)9-3-4-11-9/h1-2,6,9,11H,3-4H2. The summed E-state index contributed by atoms with van der Waals surface area (Å²) in [6, 6.07) is 6.18. The van der Waals surface area contributed by atoms with Crippen molar-refractivity contribution in [3.8, 4) is 6.07 Å². The first-order chi connectivity index (χ1) is 5.90. The van der Waals surface area contributed by atoms with Crippen molar-refractivity contribution in [2.24, 2.45) is 0 Å². The van der Waals surface area contributed by atoms with Gasteiger partial charge in [-0.25, -0.2) is 0 Å². The van der Waals surface area contributed by atoms with Crippen LogP contribution in [0.3, 0.4) is 0 Å². The number of nitrogens with zero attached hydrogens (tertiary/aromatic N) is 2. The molecule has 0 radical (unpaired) electrons. The van der Waals surface area contributed by atoms with Crippen LogP contribution in [-0.2, 0) is 0 Å². The summed E-state index contributed by atoms with van der Waals surface area (Å²) < 4.78 is 0. The number of nitriles is 1. The van der Waals surface area contributed by atoms with E-state index in [9.17, 15) is 0 Å². The molecule has 1 aliphatic heterocycles. The average molecular weight is 159 g/mol. The van der Waals surface area contributed by atoms with Crippen LogP contribution in [0.4, 0.5) is 0 Å². The molecule has 1 saturated heterocycles. The van der Waals surface area contributed by atoms with E-state index in [1.54, 1.807) is 6.20 Å². The van der Waals surface area contributed by atoms with Crippen molar-refractivity contribution in [1.29, 1.82) is 5.26 Å². The van der Waals surface area contributed by atoms with Crippen LogP contribution in [0.1, 0.15) is 23.7 Å². The van der Waals surface area contributed by atoms with E-state index >= 15 is 0 Å². The lowest BCUT2D eigenvalue weighted by Gasteiger charge is -2.26. The second kappa shape index (κ2) is 2.92. The Morgan fingerprint density at radius 2 is 2.42 bits per heavy atom. The normalized spacial score (nSPS) is 21.1. The van der Waals surface area contributed by atoms with Crippen molar-refractivity contribution >= 4 is 0 Å². The maximum absolute atomic E-state index is 8.53. The van der Waals surface area contributed by atoms with Gasteiger partial charge in [0.2, 0.25) is 0 Å². The number of aromatic nitrogens is 1. The van der Waals surface area contributed by atoms with Gasteiger partial charge in [0.15, 0.2) is 0 Å². The highest BCUT2D eigenvalue weighted by molar-refractivity contribution is 5.27. The van der Waals surface area contributed by atoms with Gasteiger partial charge < -0.3 is 5.32 Å². The van der Waals surface area contributed by atoms with Gasteiger partial charge in [0.25, 0.3) is 0 Å². The Labute approximate surface area is 71.0 Å². The highest BCUT2D eigenvalue weighted by atomic mass is 15.0. The Morgan fingerprint density at radius 3 is 2.83 bits per heavy atom. The minimum Gasteiger partial charge on any atom is -0.309 e. The molecule has 0 aromatic carbocycles. The predicted octanol–water partition coefficient (Wildman–Crippen LogP) is 0.988. The fourth-order valence-corrected chi connectivity index (χ4v) is 1.22. The summed E-state index contributed by atoms with van der Waals surface area (Å²) in [4.78, 5) is 4.19. The smallest absolute Gasteiger partial charge is 0.101 e. The van der Waals surface area contributed by atoms with E-state index in [-0.39, 0.29) is 0 Å². The molecule has 12 heavy (non-hydrogen) atoms. The summed E-state index contributed by atoms with van der Waals surface area (Å²) in [6.45, 7) is 1.08. The van der Waals surface area contributed by atoms with Crippen molar-refractivity contribution in [2.45, 2.75) is 12.5 Å². The quantitative estimate of drug-likeness (QED) is 0.664. The Balaban J connectivity index is 2.19. The Kier molecular flexibility index (Phi) is 1.77. The maximum Gasteiger partial charge on any atom is 0.101 e. The van der Waals surface area contributed by atoms with Crippen LogP contribution >= 0.6 is 0 Å². The highest BCUT2D eigenvalue weighted by Crippen LogP contribution is 2.20. The first kappa shape index (κ1) is 7.26. The Hall–Kier alpha value is -1.40. The van der Waals surface area contributed by atoms with Gasteiger partial charge in [-0.1, -0.05) is 0 Å². The van der Waals surface area contributed by atoms with Crippen LogP contribution in [0.5, 0.6) is 0 Å². The van der Waals surface area contributed by atoms with Gasteiger partial charge in [0.05, 0.1) is 17.3 Å². The van der Waals surface area contributed by atoms with Gasteiger partial charge in [-0.2, -0.15) is 5.26 Å². The molecule has 0 saturated carbocycles. The van der Waals surface area contributed by atoms with Gasteiger partial charge in [0.1, 0.15) is 6.07 Å². The highest BCUT2D eigenvalue weighted by Gasteiger charge is 2.18. The second-order valence-corrected chi connectivity index (χ2v) is 2.88. The first-order valence-corrected chi connectivity index (χ1v) is 3.99. The van der Waals surface area contributed by atoms with E-state index in [0.29, 0.717) is 11.6 Å². The van der Waals surface area contributed by atoms with Gasteiger partial charge in [-0.3, -0.25) is 4.98 Å². The monoisotopic (exact) mass is 159 g/mol. The zero-order valence-electron chi connectivity index (χ0n) is 6.62.